The zero-order valence-corrected chi connectivity index (χ0v) is 10.3. The molecule has 2 rings (SSSR count). The van der Waals surface area contributed by atoms with E-state index in [0.29, 0.717) is 5.75 Å². The third-order valence-electron chi connectivity index (χ3n) is 2.94. The first-order valence-corrected chi connectivity index (χ1v) is 6.68. The van der Waals surface area contributed by atoms with Crippen molar-refractivity contribution in [3.63, 3.8) is 0 Å². The van der Waals surface area contributed by atoms with E-state index in [1.54, 1.807) is 11.8 Å². The van der Waals surface area contributed by atoms with Crippen LogP contribution in [0.4, 0.5) is 0 Å². The molecule has 0 aromatic carbocycles. The normalized spacial score (nSPS) is 35.4. The van der Waals surface area contributed by atoms with Crippen molar-refractivity contribution in [1.29, 1.82) is 0 Å². The molecule has 16 heavy (non-hydrogen) atoms. The second kappa shape index (κ2) is 4.95. The predicted octanol–water partition coefficient (Wildman–Crippen LogP) is -0.0196. The molecule has 0 saturated carbocycles. The molecule has 0 bridgehead atoms. The molecule has 3 atom stereocenters. The molecule has 0 aromatic heterocycles. The molecule has 2 aliphatic heterocycles. The monoisotopic (exact) mass is 262 g/mol. The second-order valence-corrected chi connectivity index (χ2v) is 5.53. The Bertz CT molecular complexity index is 313. The fourth-order valence-corrected chi connectivity index (χ4v) is 3.72. The first-order valence-electron chi connectivity index (χ1n) is 5.18. The molecule has 90 valence electrons. The van der Waals surface area contributed by atoms with Gasteiger partial charge in [-0.25, -0.2) is 0 Å². The van der Waals surface area contributed by atoms with Crippen molar-refractivity contribution in [1.82, 2.24) is 10.2 Å². The average Bonchev–Trinajstić information content (AvgIpc) is 2.86. The molecule has 0 aromatic rings. The molecular weight excluding hydrogens is 248 g/mol. The minimum absolute atomic E-state index is 0.0651. The Morgan fingerprint density at radius 3 is 2.81 bits per heavy atom. The molecule has 5 nitrogen and oxygen atoms in total. The maximum absolute atomic E-state index is 11.3. The van der Waals surface area contributed by atoms with Crippen LogP contribution in [0.25, 0.3) is 0 Å². The van der Waals surface area contributed by atoms with Crippen LogP contribution in [-0.4, -0.2) is 51.0 Å². The molecule has 0 amide bonds. The van der Waals surface area contributed by atoms with Crippen LogP contribution < -0.4 is 5.32 Å². The van der Waals surface area contributed by atoms with Crippen LogP contribution in [0.2, 0.25) is 0 Å². The largest absolute Gasteiger partial charge is 0.480 e. The topological polar surface area (TPSA) is 69.6 Å². The maximum Gasteiger partial charge on any atom is 0.321 e. The van der Waals surface area contributed by atoms with E-state index in [-0.39, 0.29) is 16.7 Å². The quantitative estimate of drug-likeness (QED) is 0.621. The highest BCUT2D eigenvalue weighted by atomic mass is 32.2. The van der Waals surface area contributed by atoms with E-state index < -0.39 is 12.0 Å². The summed E-state index contributed by atoms with van der Waals surface area (Å²) >= 11 is 5.42. The summed E-state index contributed by atoms with van der Waals surface area (Å²) < 4.78 is 0. The minimum atomic E-state index is -0.831. The fraction of sp³-hybridized carbons (Fsp3) is 0.778. The summed E-state index contributed by atoms with van der Waals surface area (Å²) in [6, 6.07) is -0.674. The lowest BCUT2D eigenvalue weighted by atomic mass is 10.2. The van der Waals surface area contributed by atoms with Gasteiger partial charge in [-0.3, -0.25) is 19.8 Å². The van der Waals surface area contributed by atoms with Gasteiger partial charge in [-0.05, 0) is 12.8 Å². The maximum atomic E-state index is 11.3. The zero-order chi connectivity index (χ0) is 11.7. The minimum Gasteiger partial charge on any atom is -0.480 e. The van der Waals surface area contributed by atoms with Gasteiger partial charge in [0, 0.05) is 12.3 Å². The third-order valence-corrected chi connectivity index (χ3v) is 4.49. The van der Waals surface area contributed by atoms with Crippen LogP contribution >= 0.6 is 24.4 Å². The highest BCUT2D eigenvalue weighted by Crippen LogP contribution is 2.29. The van der Waals surface area contributed by atoms with Crippen LogP contribution in [0.15, 0.2) is 0 Å². The predicted molar refractivity (Wildman–Crippen MR) is 64.5 cm³/mol. The molecule has 2 heterocycles. The summed E-state index contributed by atoms with van der Waals surface area (Å²) in [5.74, 6) is -0.285. The highest BCUT2D eigenvalue weighted by Gasteiger charge is 2.39. The van der Waals surface area contributed by atoms with Crippen molar-refractivity contribution in [2.24, 2.45) is 0 Å². The van der Waals surface area contributed by atoms with Gasteiger partial charge in [-0.2, -0.15) is 0 Å². The van der Waals surface area contributed by atoms with Crippen LogP contribution in [0.5, 0.6) is 0 Å². The molecular formula is C9H14N2O3S2. The number of hydrogen-bond acceptors (Lipinski definition) is 5. The van der Waals surface area contributed by atoms with E-state index in [0.717, 1.165) is 19.4 Å². The Morgan fingerprint density at radius 2 is 2.25 bits per heavy atom. The summed E-state index contributed by atoms with van der Waals surface area (Å²) in [4.78, 5) is 24.1. The average molecular weight is 262 g/mol. The van der Waals surface area contributed by atoms with Gasteiger partial charge < -0.3 is 5.11 Å². The van der Waals surface area contributed by atoms with Gasteiger partial charge in [0.1, 0.15) is 11.5 Å². The summed E-state index contributed by atoms with van der Waals surface area (Å²) in [7, 11) is 0. The van der Waals surface area contributed by atoms with E-state index in [1.165, 1.54) is 0 Å². The van der Waals surface area contributed by atoms with Gasteiger partial charge >= 0.3 is 5.97 Å². The molecule has 0 radical (unpaired) electrons. The summed E-state index contributed by atoms with van der Waals surface area (Å²) in [6.45, 7) is 0.827. The summed E-state index contributed by atoms with van der Waals surface area (Å²) in [5, 5.41) is 11.8. The lowest BCUT2D eigenvalue weighted by molar-refractivity contribution is -0.138. The zero-order valence-electron chi connectivity index (χ0n) is 8.63. The number of rotatable bonds is 3. The number of hydrogen-bond donors (Lipinski definition) is 3. The first-order chi connectivity index (χ1) is 7.59. The van der Waals surface area contributed by atoms with Crippen molar-refractivity contribution >= 4 is 35.5 Å². The fourth-order valence-electron chi connectivity index (χ4n) is 2.12. The number of carboxylic acid groups (broad SMARTS) is 1. The van der Waals surface area contributed by atoms with E-state index in [2.05, 4.69) is 17.9 Å². The van der Waals surface area contributed by atoms with Crippen LogP contribution in [0, 0.1) is 0 Å². The standard InChI is InChI=1S/C9H14N2O3S2/c12-7(13)5-4-16-9(10-5)11-3-1-2-6(11)8(14)15/h5-6,9-10H,1-4H2,(H,12,13)(H,14,15)/t5?,6-,9?/m0/s1. The Kier molecular flexibility index (Phi) is 3.78. The lowest BCUT2D eigenvalue weighted by Gasteiger charge is -2.28. The Labute approximate surface area is 103 Å². The Hall–Kier alpha value is -0.240. The lowest BCUT2D eigenvalue weighted by Crippen LogP contribution is -2.48. The number of thiol groups is 1. The van der Waals surface area contributed by atoms with Crippen molar-refractivity contribution in [2.75, 3.05) is 12.3 Å². The number of nitrogens with zero attached hydrogens (tertiary/aromatic N) is 1. The number of carboxylic acids is 1. The summed E-state index contributed by atoms with van der Waals surface area (Å²) in [6.07, 6.45) is 1.78. The Morgan fingerprint density at radius 1 is 1.50 bits per heavy atom. The number of carbonyl (C=O) groups excluding carboxylic acids is 1. The van der Waals surface area contributed by atoms with Gasteiger partial charge in [-0.1, -0.05) is 0 Å². The molecule has 0 spiro atoms. The van der Waals surface area contributed by atoms with E-state index in [9.17, 15) is 9.59 Å². The van der Waals surface area contributed by atoms with Crippen molar-refractivity contribution in [2.45, 2.75) is 30.4 Å². The van der Waals surface area contributed by atoms with Crippen molar-refractivity contribution < 1.29 is 14.7 Å². The number of carbonyl (C=O) groups is 2. The molecule has 2 N–H and O–H groups in total. The number of thioether (sulfide) groups is 1. The van der Waals surface area contributed by atoms with Gasteiger partial charge in [0.15, 0.2) is 0 Å². The molecule has 2 aliphatic rings. The van der Waals surface area contributed by atoms with E-state index in [4.69, 9.17) is 5.11 Å². The molecule has 2 fully saturated rings. The number of nitrogens with one attached hydrogen (secondary N) is 1. The van der Waals surface area contributed by atoms with Crippen molar-refractivity contribution in [3.05, 3.63) is 0 Å². The van der Waals surface area contributed by atoms with E-state index >= 15 is 0 Å². The smallest absolute Gasteiger partial charge is 0.321 e. The van der Waals surface area contributed by atoms with Gasteiger partial charge in [-0.15, -0.1) is 24.4 Å². The van der Waals surface area contributed by atoms with Crippen LogP contribution in [-0.2, 0) is 9.59 Å². The van der Waals surface area contributed by atoms with Crippen LogP contribution in [0.1, 0.15) is 12.8 Å². The van der Waals surface area contributed by atoms with E-state index in [1.807, 2.05) is 4.90 Å². The molecule has 0 aliphatic carbocycles. The second-order valence-electron chi connectivity index (χ2n) is 3.98. The van der Waals surface area contributed by atoms with Gasteiger partial charge in [0.05, 0.1) is 6.04 Å². The Balaban J connectivity index is 1.98. The third kappa shape index (κ3) is 2.37. The number of aliphatic carboxylic acids is 1. The van der Waals surface area contributed by atoms with Gasteiger partial charge in [0.2, 0.25) is 5.12 Å². The van der Waals surface area contributed by atoms with Crippen LogP contribution in [0.3, 0.4) is 0 Å². The van der Waals surface area contributed by atoms with Gasteiger partial charge in [0.25, 0.3) is 0 Å². The van der Waals surface area contributed by atoms with Crippen molar-refractivity contribution in [3.8, 4) is 0 Å². The summed E-state index contributed by atoms with van der Waals surface area (Å²) in [5.41, 5.74) is -0.0651. The highest BCUT2D eigenvalue weighted by molar-refractivity contribution is 8.00. The molecule has 2 saturated heterocycles. The first kappa shape index (κ1) is 12.2. The number of likely N-dealkylation sites (tertiary alicyclic amines) is 1. The molecule has 2 unspecified atom stereocenters. The molecule has 7 heteroatoms. The SMILES string of the molecule is O=C(O)C1CSC(N2CCC[C@H]2C(=O)S)N1.